The van der Waals surface area contributed by atoms with E-state index in [1.165, 1.54) is 11.3 Å². The molecule has 0 saturated carbocycles. The first-order valence-electron chi connectivity index (χ1n) is 8.44. The molecular formula is C16H24N4O2S. The van der Waals surface area contributed by atoms with Gasteiger partial charge in [-0.1, -0.05) is 0 Å². The van der Waals surface area contributed by atoms with Crippen LogP contribution in [-0.2, 0) is 9.59 Å². The van der Waals surface area contributed by atoms with Crippen molar-refractivity contribution in [2.45, 2.75) is 44.6 Å². The van der Waals surface area contributed by atoms with Gasteiger partial charge in [0.1, 0.15) is 6.04 Å². The lowest BCUT2D eigenvalue weighted by Gasteiger charge is -2.26. The van der Waals surface area contributed by atoms with E-state index in [4.69, 9.17) is 0 Å². The molecule has 0 radical (unpaired) electrons. The molecule has 0 spiro atoms. The Labute approximate surface area is 140 Å². The van der Waals surface area contributed by atoms with Crippen molar-refractivity contribution in [1.82, 2.24) is 15.2 Å². The number of hydrogen-bond acceptors (Lipinski definition) is 5. The number of hydrogen-bond donors (Lipinski definition) is 2. The van der Waals surface area contributed by atoms with Crippen LogP contribution in [0.3, 0.4) is 0 Å². The summed E-state index contributed by atoms with van der Waals surface area (Å²) in [5.74, 6) is 0.665. The van der Waals surface area contributed by atoms with Crippen molar-refractivity contribution >= 4 is 28.3 Å². The molecule has 0 aliphatic carbocycles. The Morgan fingerprint density at radius 3 is 2.91 bits per heavy atom. The minimum absolute atomic E-state index is 0.104. The normalized spacial score (nSPS) is 22.3. The van der Waals surface area contributed by atoms with E-state index < -0.39 is 0 Å². The summed E-state index contributed by atoms with van der Waals surface area (Å²) in [7, 11) is 0. The van der Waals surface area contributed by atoms with Crippen molar-refractivity contribution < 1.29 is 9.59 Å². The summed E-state index contributed by atoms with van der Waals surface area (Å²) in [6.45, 7) is 2.81. The Hall–Kier alpha value is -1.47. The maximum atomic E-state index is 12.5. The van der Waals surface area contributed by atoms with Crippen LogP contribution in [0.15, 0.2) is 11.6 Å². The highest BCUT2D eigenvalue weighted by Crippen LogP contribution is 2.23. The third-order valence-corrected chi connectivity index (χ3v) is 5.45. The number of nitrogens with zero attached hydrogens (tertiary/aromatic N) is 2. The van der Waals surface area contributed by atoms with Crippen LogP contribution in [0.25, 0.3) is 0 Å². The summed E-state index contributed by atoms with van der Waals surface area (Å²) >= 11 is 1.40. The average Bonchev–Trinajstić information content (AvgIpc) is 3.24. The lowest BCUT2D eigenvalue weighted by Crippen LogP contribution is -2.43. The van der Waals surface area contributed by atoms with Crippen molar-refractivity contribution in [3.63, 3.8) is 0 Å². The molecule has 1 aromatic heterocycles. The Morgan fingerprint density at radius 1 is 1.35 bits per heavy atom. The Kier molecular flexibility index (Phi) is 5.61. The van der Waals surface area contributed by atoms with Gasteiger partial charge in [0.05, 0.1) is 0 Å². The summed E-state index contributed by atoms with van der Waals surface area (Å²) in [5, 5.41) is 8.59. The number of aromatic nitrogens is 1. The van der Waals surface area contributed by atoms with Gasteiger partial charge < -0.3 is 15.5 Å². The Bertz CT molecular complexity index is 528. The second-order valence-corrected chi connectivity index (χ2v) is 7.20. The van der Waals surface area contributed by atoms with Gasteiger partial charge >= 0.3 is 0 Å². The topological polar surface area (TPSA) is 74.3 Å². The highest BCUT2D eigenvalue weighted by atomic mass is 32.1. The summed E-state index contributed by atoms with van der Waals surface area (Å²) in [6.07, 6.45) is 7.12. The standard InChI is InChI=1S/C16H24N4O2S/c21-14(4-3-12-5-7-17-8-6-12)20-10-1-2-13(20)15(22)19-16-18-9-11-23-16/h9,11-13,17H,1-8,10H2,(H,18,19,22). The van der Waals surface area contributed by atoms with E-state index >= 15 is 0 Å². The van der Waals surface area contributed by atoms with E-state index in [2.05, 4.69) is 15.6 Å². The quantitative estimate of drug-likeness (QED) is 0.860. The van der Waals surface area contributed by atoms with Gasteiger partial charge in [-0.3, -0.25) is 9.59 Å². The number of piperidine rings is 1. The SMILES string of the molecule is O=C(Nc1nccs1)C1CCCN1C(=O)CCC1CCNCC1. The molecule has 0 aromatic carbocycles. The molecule has 1 unspecified atom stereocenters. The van der Waals surface area contributed by atoms with Crippen LogP contribution in [0.2, 0.25) is 0 Å². The van der Waals surface area contributed by atoms with Gasteiger partial charge in [-0.2, -0.15) is 0 Å². The van der Waals surface area contributed by atoms with Crippen LogP contribution in [0.1, 0.15) is 38.5 Å². The zero-order valence-corrected chi connectivity index (χ0v) is 14.1. The second kappa shape index (κ2) is 7.88. The molecule has 3 rings (SSSR count). The number of rotatable bonds is 5. The van der Waals surface area contributed by atoms with Gasteiger partial charge in [0.15, 0.2) is 5.13 Å². The summed E-state index contributed by atoms with van der Waals surface area (Å²) < 4.78 is 0. The van der Waals surface area contributed by atoms with Crippen molar-refractivity contribution in [2.75, 3.05) is 25.0 Å². The third-order valence-electron chi connectivity index (χ3n) is 4.76. The first kappa shape index (κ1) is 16.4. The van der Waals surface area contributed by atoms with E-state index in [0.29, 0.717) is 24.0 Å². The van der Waals surface area contributed by atoms with Crippen LogP contribution in [0.4, 0.5) is 5.13 Å². The lowest BCUT2D eigenvalue weighted by atomic mass is 9.93. The van der Waals surface area contributed by atoms with Gasteiger partial charge in [0.25, 0.3) is 0 Å². The largest absolute Gasteiger partial charge is 0.331 e. The van der Waals surface area contributed by atoms with Gasteiger partial charge in [-0.15, -0.1) is 11.3 Å². The lowest BCUT2D eigenvalue weighted by molar-refractivity contribution is -0.136. The molecule has 126 valence electrons. The summed E-state index contributed by atoms with van der Waals surface area (Å²) in [6, 6.07) is -0.334. The number of nitrogens with one attached hydrogen (secondary N) is 2. The van der Waals surface area contributed by atoms with Crippen LogP contribution in [-0.4, -0.2) is 47.4 Å². The molecule has 2 saturated heterocycles. The molecule has 1 atom stereocenters. The molecule has 2 fully saturated rings. The maximum Gasteiger partial charge on any atom is 0.248 e. The van der Waals surface area contributed by atoms with E-state index in [1.807, 2.05) is 5.38 Å². The molecular weight excluding hydrogens is 312 g/mol. The average molecular weight is 336 g/mol. The highest BCUT2D eigenvalue weighted by molar-refractivity contribution is 7.13. The predicted molar refractivity (Wildman–Crippen MR) is 90.3 cm³/mol. The Balaban J connectivity index is 1.50. The number of anilines is 1. The molecule has 2 amide bonds. The molecule has 6 nitrogen and oxygen atoms in total. The number of amides is 2. The van der Waals surface area contributed by atoms with Crippen molar-refractivity contribution in [2.24, 2.45) is 5.92 Å². The predicted octanol–water partition coefficient (Wildman–Crippen LogP) is 1.85. The summed E-state index contributed by atoms with van der Waals surface area (Å²) in [4.78, 5) is 30.7. The Morgan fingerprint density at radius 2 is 2.17 bits per heavy atom. The number of likely N-dealkylation sites (tertiary alicyclic amines) is 1. The molecule has 0 bridgehead atoms. The minimum Gasteiger partial charge on any atom is -0.331 e. The molecule has 1 aromatic rings. The molecule has 2 N–H and O–H groups in total. The van der Waals surface area contributed by atoms with Gasteiger partial charge in [-0.05, 0) is 51.1 Å². The maximum absolute atomic E-state index is 12.5. The fourth-order valence-corrected chi connectivity index (χ4v) is 3.99. The summed E-state index contributed by atoms with van der Waals surface area (Å²) in [5.41, 5.74) is 0. The first-order chi connectivity index (χ1) is 11.2. The number of carbonyl (C=O) groups is 2. The molecule has 2 aliphatic rings. The minimum atomic E-state index is -0.334. The van der Waals surface area contributed by atoms with E-state index in [9.17, 15) is 9.59 Å². The third kappa shape index (κ3) is 4.29. The van der Waals surface area contributed by atoms with Crippen LogP contribution in [0, 0.1) is 5.92 Å². The van der Waals surface area contributed by atoms with Gasteiger partial charge in [0, 0.05) is 24.5 Å². The fraction of sp³-hybridized carbons (Fsp3) is 0.688. The molecule has 23 heavy (non-hydrogen) atoms. The van der Waals surface area contributed by atoms with Crippen molar-refractivity contribution in [3.05, 3.63) is 11.6 Å². The smallest absolute Gasteiger partial charge is 0.248 e. The highest BCUT2D eigenvalue weighted by Gasteiger charge is 2.34. The van der Waals surface area contributed by atoms with E-state index in [0.717, 1.165) is 45.2 Å². The van der Waals surface area contributed by atoms with Crippen molar-refractivity contribution in [3.8, 4) is 0 Å². The van der Waals surface area contributed by atoms with Gasteiger partial charge in [0.2, 0.25) is 11.8 Å². The molecule has 2 aliphatic heterocycles. The fourth-order valence-electron chi connectivity index (χ4n) is 3.45. The van der Waals surface area contributed by atoms with E-state index in [1.54, 1.807) is 11.1 Å². The van der Waals surface area contributed by atoms with Crippen LogP contribution in [0.5, 0.6) is 0 Å². The first-order valence-corrected chi connectivity index (χ1v) is 9.32. The van der Waals surface area contributed by atoms with E-state index in [-0.39, 0.29) is 17.9 Å². The number of thiazole rings is 1. The van der Waals surface area contributed by atoms with Crippen LogP contribution >= 0.6 is 11.3 Å². The monoisotopic (exact) mass is 336 g/mol. The zero-order valence-electron chi connectivity index (χ0n) is 13.3. The molecule has 7 heteroatoms. The number of carbonyl (C=O) groups excluding carboxylic acids is 2. The van der Waals surface area contributed by atoms with Gasteiger partial charge in [-0.25, -0.2) is 4.98 Å². The van der Waals surface area contributed by atoms with Crippen LogP contribution < -0.4 is 10.6 Å². The second-order valence-electron chi connectivity index (χ2n) is 6.30. The molecule has 3 heterocycles. The van der Waals surface area contributed by atoms with Crippen molar-refractivity contribution in [1.29, 1.82) is 0 Å². The zero-order chi connectivity index (χ0) is 16.1.